The second-order valence-electron chi connectivity index (χ2n) is 8.08. The lowest BCUT2D eigenvalue weighted by Gasteiger charge is -2.37. The molecule has 3 heteroatoms. The molecule has 0 unspecified atom stereocenters. The monoisotopic (exact) mass is 427 g/mol. The maximum atomic E-state index is 16.2. The first kappa shape index (κ1) is 21.9. The fraction of sp³-hybridized carbons (Fsp3) is 0.172. The number of halogens is 2. The summed E-state index contributed by atoms with van der Waals surface area (Å²) < 4.78 is 30.5. The van der Waals surface area contributed by atoms with Gasteiger partial charge < -0.3 is 0 Å². The van der Waals surface area contributed by atoms with Gasteiger partial charge in [-0.3, -0.25) is 4.90 Å². The molecule has 1 atom stereocenters. The number of benzene rings is 4. The fourth-order valence-corrected chi connectivity index (χ4v) is 4.21. The smallest absolute Gasteiger partial charge is 0.176 e. The van der Waals surface area contributed by atoms with E-state index in [-0.39, 0.29) is 12.6 Å². The molecule has 0 bridgehead atoms. The fourth-order valence-electron chi connectivity index (χ4n) is 4.21. The average Bonchev–Trinajstić information content (AvgIpc) is 2.86. The predicted molar refractivity (Wildman–Crippen MR) is 127 cm³/mol. The minimum atomic E-state index is -2.11. The second kappa shape index (κ2) is 10.3. The SMILES string of the molecule is FC[C@](F)(CN(Cc1ccccc1)C(c1ccccc1)c1ccccc1)c1ccccc1. The van der Waals surface area contributed by atoms with Crippen molar-refractivity contribution in [2.45, 2.75) is 18.3 Å². The molecule has 4 aromatic carbocycles. The zero-order chi connectivity index (χ0) is 22.2. The van der Waals surface area contributed by atoms with Crippen LogP contribution in [-0.4, -0.2) is 18.1 Å². The normalized spacial score (nSPS) is 13.2. The van der Waals surface area contributed by atoms with Crippen molar-refractivity contribution < 1.29 is 8.78 Å². The highest BCUT2D eigenvalue weighted by Gasteiger charge is 2.37. The van der Waals surface area contributed by atoms with Crippen LogP contribution in [0.4, 0.5) is 8.78 Å². The quantitative estimate of drug-likeness (QED) is 0.275. The lowest BCUT2D eigenvalue weighted by atomic mass is 9.92. The third-order valence-corrected chi connectivity index (χ3v) is 5.78. The zero-order valence-electron chi connectivity index (χ0n) is 17.9. The largest absolute Gasteiger partial charge is 0.284 e. The Morgan fingerprint density at radius 3 is 1.53 bits per heavy atom. The molecule has 0 N–H and O–H groups in total. The summed E-state index contributed by atoms with van der Waals surface area (Å²) in [6.45, 7) is -0.663. The van der Waals surface area contributed by atoms with E-state index in [1.807, 2.05) is 102 Å². The third-order valence-electron chi connectivity index (χ3n) is 5.78. The summed E-state index contributed by atoms with van der Waals surface area (Å²) >= 11 is 0. The van der Waals surface area contributed by atoms with Crippen molar-refractivity contribution in [2.24, 2.45) is 0 Å². The highest BCUT2D eigenvalue weighted by atomic mass is 19.2. The number of hydrogen-bond donors (Lipinski definition) is 0. The van der Waals surface area contributed by atoms with E-state index in [0.717, 1.165) is 16.7 Å². The highest BCUT2D eigenvalue weighted by Crippen LogP contribution is 2.36. The van der Waals surface area contributed by atoms with Crippen molar-refractivity contribution in [2.75, 3.05) is 13.2 Å². The molecule has 0 aromatic heterocycles. The van der Waals surface area contributed by atoms with Gasteiger partial charge in [0.05, 0.1) is 6.04 Å². The van der Waals surface area contributed by atoms with Crippen LogP contribution < -0.4 is 0 Å². The van der Waals surface area contributed by atoms with E-state index in [4.69, 9.17) is 0 Å². The molecule has 32 heavy (non-hydrogen) atoms. The van der Waals surface area contributed by atoms with Crippen LogP contribution in [-0.2, 0) is 12.2 Å². The van der Waals surface area contributed by atoms with Crippen molar-refractivity contribution in [3.63, 3.8) is 0 Å². The van der Waals surface area contributed by atoms with Crippen molar-refractivity contribution in [3.05, 3.63) is 144 Å². The molecule has 162 valence electrons. The summed E-state index contributed by atoms with van der Waals surface area (Å²) in [5, 5.41) is 0. The maximum Gasteiger partial charge on any atom is 0.176 e. The van der Waals surface area contributed by atoms with Crippen LogP contribution in [0.25, 0.3) is 0 Å². The lowest BCUT2D eigenvalue weighted by Crippen LogP contribution is -2.41. The van der Waals surface area contributed by atoms with Gasteiger partial charge in [0.15, 0.2) is 5.67 Å². The van der Waals surface area contributed by atoms with E-state index < -0.39 is 12.3 Å². The minimum absolute atomic E-state index is 0.0726. The van der Waals surface area contributed by atoms with E-state index in [0.29, 0.717) is 12.1 Å². The van der Waals surface area contributed by atoms with Gasteiger partial charge in [-0.25, -0.2) is 8.78 Å². The molecular weight excluding hydrogens is 400 g/mol. The molecule has 0 amide bonds. The highest BCUT2D eigenvalue weighted by molar-refractivity contribution is 5.33. The molecule has 0 fully saturated rings. The minimum Gasteiger partial charge on any atom is -0.284 e. The molecule has 0 heterocycles. The first-order valence-electron chi connectivity index (χ1n) is 10.9. The van der Waals surface area contributed by atoms with Gasteiger partial charge in [-0.15, -0.1) is 0 Å². The Labute approximate surface area is 189 Å². The molecule has 0 radical (unpaired) electrons. The topological polar surface area (TPSA) is 3.24 Å². The van der Waals surface area contributed by atoms with Crippen LogP contribution in [0.3, 0.4) is 0 Å². The van der Waals surface area contributed by atoms with Crippen LogP contribution in [0.5, 0.6) is 0 Å². The molecule has 0 aliphatic heterocycles. The molecule has 0 aliphatic carbocycles. The number of rotatable bonds is 9. The predicted octanol–water partition coefficient (Wildman–Crippen LogP) is 7.11. The number of alkyl halides is 2. The van der Waals surface area contributed by atoms with Gasteiger partial charge in [-0.05, 0) is 22.3 Å². The van der Waals surface area contributed by atoms with E-state index in [1.165, 1.54) is 0 Å². The second-order valence-corrected chi connectivity index (χ2v) is 8.08. The van der Waals surface area contributed by atoms with Crippen LogP contribution in [0.1, 0.15) is 28.3 Å². The summed E-state index contributed by atoms with van der Waals surface area (Å²) in [5.41, 5.74) is 1.39. The maximum absolute atomic E-state index is 16.2. The number of hydrogen-bond acceptors (Lipinski definition) is 1. The first-order chi connectivity index (χ1) is 15.7. The molecule has 0 spiro atoms. The Hall–Kier alpha value is -3.30. The van der Waals surface area contributed by atoms with Gasteiger partial charge in [0.1, 0.15) is 6.67 Å². The van der Waals surface area contributed by atoms with Gasteiger partial charge >= 0.3 is 0 Å². The average molecular weight is 428 g/mol. The van der Waals surface area contributed by atoms with E-state index in [2.05, 4.69) is 0 Å². The van der Waals surface area contributed by atoms with Crippen molar-refractivity contribution in [1.82, 2.24) is 4.90 Å². The van der Waals surface area contributed by atoms with Gasteiger partial charge in [-0.2, -0.15) is 0 Å². The van der Waals surface area contributed by atoms with Gasteiger partial charge in [0.2, 0.25) is 0 Å². The Balaban J connectivity index is 1.79. The van der Waals surface area contributed by atoms with E-state index in [1.54, 1.807) is 24.3 Å². The standard InChI is InChI=1S/C29H27F2N/c30-22-29(31,27-19-11-4-12-20-27)23-32(21-24-13-5-1-6-14-24)28(25-15-7-2-8-16-25)26-17-9-3-10-18-26/h1-20,28H,21-23H2/t29-/m0/s1. The van der Waals surface area contributed by atoms with Crippen LogP contribution in [0.2, 0.25) is 0 Å². The molecule has 0 saturated heterocycles. The summed E-state index contributed by atoms with van der Waals surface area (Å²) in [6, 6.07) is 38.5. The van der Waals surface area contributed by atoms with Gasteiger partial charge in [0.25, 0.3) is 0 Å². The van der Waals surface area contributed by atoms with Crippen molar-refractivity contribution in [1.29, 1.82) is 0 Å². The Kier molecular flexibility index (Phi) is 7.08. The van der Waals surface area contributed by atoms with Crippen LogP contribution >= 0.6 is 0 Å². The Bertz CT molecular complexity index is 1030. The van der Waals surface area contributed by atoms with E-state index >= 15 is 4.39 Å². The van der Waals surface area contributed by atoms with Crippen LogP contribution in [0, 0.1) is 0 Å². The molecule has 0 saturated carbocycles. The van der Waals surface area contributed by atoms with Crippen molar-refractivity contribution >= 4 is 0 Å². The molecule has 1 nitrogen and oxygen atoms in total. The third kappa shape index (κ3) is 5.12. The van der Waals surface area contributed by atoms with Crippen molar-refractivity contribution in [3.8, 4) is 0 Å². The van der Waals surface area contributed by atoms with Gasteiger partial charge in [-0.1, -0.05) is 121 Å². The summed E-state index contributed by atoms with van der Waals surface area (Å²) in [6.07, 6.45) is 0. The van der Waals surface area contributed by atoms with Crippen LogP contribution in [0.15, 0.2) is 121 Å². The summed E-state index contributed by atoms with van der Waals surface area (Å²) in [5.74, 6) is 0. The molecule has 4 aromatic rings. The Morgan fingerprint density at radius 2 is 1.06 bits per heavy atom. The van der Waals surface area contributed by atoms with Gasteiger partial charge in [0, 0.05) is 13.1 Å². The molecule has 4 rings (SSSR count). The number of nitrogens with zero attached hydrogens (tertiary/aromatic N) is 1. The molecular formula is C29H27F2N. The lowest BCUT2D eigenvalue weighted by molar-refractivity contribution is 0.0460. The summed E-state index contributed by atoms with van der Waals surface area (Å²) in [7, 11) is 0. The van der Waals surface area contributed by atoms with E-state index in [9.17, 15) is 4.39 Å². The Morgan fingerprint density at radius 1 is 0.625 bits per heavy atom. The first-order valence-corrected chi connectivity index (χ1v) is 10.9. The zero-order valence-corrected chi connectivity index (χ0v) is 17.9. The molecule has 0 aliphatic rings. The summed E-state index contributed by atoms with van der Waals surface area (Å²) in [4.78, 5) is 2.05.